The van der Waals surface area contributed by atoms with Crippen molar-refractivity contribution in [3.8, 4) is 11.5 Å². The molecule has 0 radical (unpaired) electrons. The number of nitrogens with one attached hydrogen (secondary N) is 1. The molecule has 0 saturated carbocycles. The van der Waals surface area contributed by atoms with E-state index in [1.165, 1.54) is 11.8 Å². The van der Waals surface area contributed by atoms with Crippen LogP contribution in [-0.2, 0) is 17.9 Å². The normalized spacial score (nSPS) is 13.5. The highest BCUT2D eigenvalue weighted by Gasteiger charge is 2.19. The number of hydrogen-bond donors (Lipinski definition) is 1. The molecule has 0 unspecified atom stereocenters. The largest absolute Gasteiger partial charge is 0.454 e. The molecule has 7 heteroatoms. The van der Waals surface area contributed by atoms with Crippen molar-refractivity contribution in [2.24, 2.45) is 0 Å². The molecule has 1 aliphatic heterocycles. The summed E-state index contributed by atoms with van der Waals surface area (Å²) < 4.78 is 12.8. The van der Waals surface area contributed by atoms with Crippen molar-refractivity contribution in [1.82, 2.24) is 14.9 Å². The minimum absolute atomic E-state index is 0.0418. The number of fused-ring (bicyclic) bond motifs is 2. The van der Waals surface area contributed by atoms with Crippen molar-refractivity contribution in [3.05, 3.63) is 60.7 Å². The molecule has 1 amide bonds. The first-order chi connectivity index (χ1) is 13.7. The number of aromatic nitrogens is 2. The molecule has 1 aliphatic rings. The SMILES string of the molecule is C=CCn1c(S[C@@H](C)C(=O)NCc2ccc3c(c2)OCO3)nc2ccccc21. The van der Waals surface area contributed by atoms with Crippen LogP contribution in [0.25, 0.3) is 11.0 Å². The third kappa shape index (κ3) is 3.71. The summed E-state index contributed by atoms with van der Waals surface area (Å²) >= 11 is 1.45. The molecule has 2 heterocycles. The number of thioether (sulfide) groups is 1. The summed E-state index contributed by atoms with van der Waals surface area (Å²) in [6.07, 6.45) is 1.84. The number of imidazole rings is 1. The number of ether oxygens (including phenoxy) is 2. The van der Waals surface area contributed by atoms with Gasteiger partial charge in [0.1, 0.15) is 0 Å². The summed E-state index contributed by atoms with van der Waals surface area (Å²) in [5.74, 6) is 1.41. The molecule has 0 saturated heterocycles. The monoisotopic (exact) mass is 395 g/mol. The Morgan fingerprint density at radius 2 is 2.14 bits per heavy atom. The van der Waals surface area contributed by atoms with E-state index in [2.05, 4.69) is 21.4 Å². The third-order valence-corrected chi connectivity index (χ3v) is 5.58. The number of allylic oxidation sites excluding steroid dienone is 1. The molecule has 0 aliphatic carbocycles. The average Bonchev–Trinajstić information content (AvgIpc) is 3.31. The van der Waals surface area contributed by atoms with Gasteiger partial charge < -0.3 is 19.4 Å². The van der Waals surface area contributed by atoms with E-state index in [4.69, 9.17) is 9.47 Å². The van der Waals surface area contributed by atoms with Gasteiger partial charge in [-0.3, -0.25) is 4.79 Å². The Bertz CT molecular complexity index is 1030. The fraction of sp³-hybridized carbons (Fsp3) is 0.238. The molecule has 0 spiro atoms. The van der Waals surface area contributed by atoms with Crippen LogP contribution in [0.5, 0.6) is 11.5 Å². The molecule has 3 aromatic rings. The van der Waals surface area contributed by atoms with Crippen LogP contribution in [0.3, 0.4) is 0 Å². The molecule has 28 heavy (non-hydrogen) atoms. The maximum absolute atomic E-state index is 12.6. The smallest absolute Gasteiger partial charge is 0.233 e. The second kappa shape index (κ2) is 7.98. The van der Waals surface area contributed by atoms with Gasteiger partial charge in [-0.15, -0.1) is 6.58 Å². The van der Waals surface area contributed by atoms with E-state index in [1.807, 2.05) is 55.5 Å². The lowest BCUT2D eigenvalue weighted by atomic mass is 10.2. The minimum Gasteiger partial charge on any atom is -0.454 e. The Morgan fingerprint density at radius 3 is 3.00 bits per heavy atom. The van der Waals surface area contributed by atoms with E-state index in [1.54, 1.807) is 0 Å². The summed E-state index contributed by atoms with van der Waals surface area (Å²) in [7, 11) is 0. The van der Waals surface area contributed by atoms with Gasteiger partial charge in [-0.2, -0.15) is 0 Å². The molecule has 6 nitrogen and oxygen atoms in total. The first-order valence-electron chi connectivity index (χ1n) is 9.05. The average molecular weight is 395 g/mol. The van der Waals surface area contributed by atoms with Gasteiger partial charge in [-0.05, 0) is 36.8 Å². The number of amides is 1. The van der Waals surface area contributed by atoms with Crippen LogP contribution in [0.1, 0.15) is 12.5 Å². The molecule has 1 atom stereocenters. The topological polar surface area (TPSA) is 65.4 Å². The maximum atomic E-state index is 12.6. The van der Waals surface area contributed by atoms with Crippen LogP contribution in [0.2, 0.25) is 0 Å². The predicted octanol–water partition coefficient (Wildman–Crippen LogP) is 3.75. The van der Waals surface area contributed by atoms with Crippen LogP contribution in [0.15, 0.2) is 60.3 Å². The van der Waals surface area contributed by atoms with Gasteiger partial charge in [0.15, 0.2) is 16.7 Å². The molecular weight excluding hydrogens is 374 g/mol. The Kier molecular flexibility index (Phi) is 5.25. The summed E-state index contributed by atoms with van der Waals surface area (Å²) in [5, 5.41) is 3.51. The Morgan fingerprint density at radius 1 is 1.32 bits per heavy atom. The van der Waals surface area contributed by atoms with Crippen molar-refractivity contribution in [3.63, 3.8) is 0 Å². The van der Waals surface area contributed by atoms with Crippen LogP contribution < -0.4 is 14.8 Å². The highest BCUT2D eigenvalue weighted by molar-refractivity contribution is 8.00. The van der Waals surface area contributed by atoms with Crippen molar-refractivity contribution < 1.29 is 14.3 Å². The molecular formula is C21H21N3O3S. The van der Waals surface area contributed by atoms with Crippen molar-refractivity contribution in [1.29, 1.82) is 0 Å². The Hall–Kier alpha value is -2.93. The highest BCUT2D eigenvalue weighted by Crippen LogP contribution is 2.32. The van der Waals surface area contributed by atoms with Crippen LogP contribution in [-0.4, -0.2) is 27.5 Å². The quantitative estimate of drug-likeness (QED) is 0.488. The lowest BCUT2D eigenvalue weighted by molar-refractivity contribution is -0.120. The van der Waals surface area contributed by atoms with Crippen LogP contribution >= 0.6 is 11.8 Å². The molecule has 144 valence electrons. The van der Waals surface area contributed by atoms with Gasteiger partial charge in [0, 0.05) is 13.1 Å². The first kappa shape index (κ1) is 18.4. The van der Waals surface area contributed by atoms with Gasteiger partial charge in [0.05, 0.1) is 16.3 Å². The second-order valence-electron chi connectivity index (χ2n) is 6.45. The van der Waals surface area contributed by atoms with E-state index >= 15 is 0 Å². The molecule has 2 aromatic carbocycles. The number of rotatable bonds is 7. The number of carbonyl (C=O) groups is 1. The molecule has 0 fully saturated rings. The first-order valence-corrected chi connectivity index (χ1v) is 9.92. The Balaban J connectivity index is 1.42. The van der Waals surface area contributed by atoms with E-state index in [9.17, 15) is 4.79 Å². The highest BCUT2D eigenvalue weighted by atomic mass is 32.2. The third-order valence-electron chi connectivity index (χ3n) is 4.49. The summed E-state index contributed by atoms with van der Waals surface area (Å²) in [6.45, 7) is 7.04. The summed E-state index contributed by atoms with van der Waals surface area (Å²) in [6, 6.07) is 13.6. The van der Waals surface area contributed by atoms with Gasteiger partial charge in [-0.25, -0.2) is 4.98 Å². The Labute approximate surface area is 167 Å². The number of carbonyl (C=O) groups excluding carboxylic acids is 1. The maximum Gasteiger partial charge on any atom is 0.233 e. The number of hydrogen-bond acceptors (Lipinski definition) is 5. The fourth-order valence-corrected chi connectivity index (χ4v) is 4.00. The van der Waals surface area contributed by atoms with Gasteiger partial charge in [0.25, 0.3) is 0 Å². The van der Waals surface area contributed by atoms with Gasteiger partial charge >= 0.3 is 0 Å². The minimum atomic E-state index is -0.283. The van der Waals surface area contributed by atoms with E-state index in [-0.39, 0.29) is 18.0 Å². The van der Waals surface area contributed by atoms with Crippen molar-refractivity contribution >= 4 is 28.7 Å². The lowest BCUT2D eigenvalue weighted by Gasteiger charge is -2.13. The fourth-order valence-electron chi connectivity index (χ4n) is 3.04. The van der Waals surface area contributed by atoms with Crippen molar-refractivity contribution in [2.45, 2.75) is 30.4 Å². The number of nitrogens with zero attached hydrogens (tertiary/aromatic N) is 2. The zero-order chi connectivity index (χ0) is 19.5. The van der Waals surface area contributed by atoms with E-state index < -0.39 is 0 Å². The summed E-state index contributed by atoms with van der Waals surface area (Å²) in [5.41, 5.74) is 2.92. The second-order valence-corrected chi connectivity index (χ2v) is 7.76. The zero-order valence-corrected chi connectivity index (χ0v) is 16.4. The molecule has 1 N–H and O–H groups in total. The van der Waals surface area contributed by atoms with Crippen molar-refractivity contribution in [2.75, 3.05) is 6.79 Å². The zero-order valence-electron chi connectivity index (χ0n) is 15.6. The standard InChI is InChI=1S/C21H21N3O3S/c1-3-10-24-17-7-5-4-6-16(17)23-21(24)28-14(2)20(25)22-12-15-8-9-18-19(11-15)27-13-26-18/h3-9,11,14H,1,10,12-13H2,2H3,(H,22,25)/t14-/m0/s1. The summed E-state index contributed by atoms with van der Waals surface area (Å²) in [4.78, 5) is 17.3. The molecule has 4 rings (SSSR count). The van der Waals surface area contributed by atoms with Crippen LogP contribution in [0.4, 0.5) is 0 Å². The van der Waals surface area contributed by atoms with Crippen LogP contribution in [0, 0.1) is 0 Å². The lowest BCUT2D eigenvalue weighted by Crippen LogP contribution is -2.30. The van der Waals surface area contributed by atoms with E-state index in [0.717, 1.165) is 27.5 Å². The number of benzene rings is 2. The number of para-hydroxylation sites is 2. The predicted molar refractivity (Wildman–Crippen MR) is 110 cm³/mol. The van der Waals surface area contributed by atoms with Gasteiger partial charge in [-0.1, -0.05) is 36.0 Å². The van der Waals surface area contributed by atoms with E-state index in [0.29, 0.717) is 18.8 Å². The molecule has 0 bridgehead atoms. The molecule has 1 aromatic heterocycles. The van der Waals surface area contributed by atoms with Gasteiger partial charge in [0.2, 0.25) is 12.7 Å².